The highest BCUT2D eigenvalue weighted by atomic mass is 32.2. The molecule has 0 saturated heterocycles. The van der Waals surface area contributed by atoms with Crippen molar-refractivity contribution < 1.29 is 159 Å². The normalized spacial score (nSPS) is 15.3. The summed E-state index contributed by atoms with van der Waals surface area (Å²) >= 11 is 0.229. The van der Waals surface area contributed by atoms with Crippen molar-refractivity contribution >= 4 is 23.5 Å². The highest BCUT2D eigenvalue weighted by Crippen LogP contribution is 2.66. The van der Waals surface area contributed by atoms with Gasteiger partial charge in [0.2, 0.25) is 0 Å². The standard InChI is InChI=1S/C40H32F34O2S2/c41-25(42,27(45,46)29(49,50)31(53,54)33(57,58)35(61,62)37(65,66)39(69,70)71)15-19-77-23-11-7-21(8-12-23)75-17-5-3-1-2-4-6-18-76-22-9-13-24(14-10-22)78-20-16-26(43,44)28(47,48)30(51,52)32(55,56)34(59,60)36(63,64)38(67,68)40(72,73)74/h7-14H,1-6,15-20H2. The fraction of sp³-hybridized carbons (Fsp3) is 0.700. The number of halogens is 34. The summed E-state index contributed by atoms with van der Waals surface area (Å²) in [6.45, 7) is 0.0845. The van der Waals surface area contributed by atoms with Crippen LogP contribution in [0.4, 0.5) is 149 Å². The molecule has 0 atom stereocenters. The SMILES string of the molecule is FC(F)(F)C(F)(F)C(F)(F)C(F)(F)C(F)(F)C(F)(F)C(F)(F)C(F)(F)CCSc1ccc(OCCCCCCCCOc2ccc(SCCC(F)(F)C(F)(F)C(F)(F)C(F)(F)C(F)(F)C(F)(F)C(F)(F)C(F)(F)F)cc2)cc1. The number of rotatable bonds is 31. The molecule has 0 heterocycles. The van der Waals surface area contributed by atoms with Crippen LogP contribution in [-0.2, 0) is 0 Å². The van der Waals surface area contributed by atoms with Gasteiger partial charge in [0.05, 0.1) is 13.2 Å². The Morgan fingerprint density at radius 2 is 0.462 bits per heavy atom. The number of hydrogen-bond donors (Lipinski definition) is 0. The highest BCUT2D eigenvalue weighted by molar-refractivity contribution is 7.99. The van der Waals surface area contributed by atoms with Gasteiger partial charge < -0.3 is 9.47 Å². The smallest absolute Gasteiger partial charge is 0.460 e. The van der Waals surface area contributed by atoms with Crippen molar-refractivity contribution in [2.24, 2.45) is 0 Å². The maximum Gasteiger partial charge on any atom is 0.460 e. The summed E-state index contributed by atoms with van der Waals surface area (Å²) in [7, 11) is 0. The molecule has 0 spiro atoms. The predicted molar refractivity (Wildman–Crippen MR) is 204 cm³/mol. The van der Waals surface area contributed by atoms with Crippen molar-refractivity contribution in [1.82, 2.24) is 0 Å². The number of unbranched alkanes of at least 4 members (excludes halogenated alkanes) is 5. The molecule has 2 rings (SSSR count). The molecule has 2 aromatic rings. The third-order valence-corrected chi connectivity index (χ3v) is 12.7. The highest BCUT2D eigenvalue weighted by Gasteiger charge is 2.97. The minimum atomic E-state index is -8.72. The number of benzene rings is 2. The molecular weight excluding hydrogens is 1220 g/mol. The maximum absolute atomic E-state index is 14.2. The monoisotopic (exact) mass is 1250 g/mol. The summed E-state index contributed by atoms with van der Waals surface area (Å²) in [4.78, 5) is -0.286. The summed E-state index contributed by atoms with van der Waals surface area (Å²) in [5, 5.41) is 0. The average molecular weight is 1250 g/mol. The lowest BCUT2D eigenvalue weighted by atomic mass is 9.88. The minimum absolute atomic E-state index is 0.0422. The molecule has 0 N–H and O–H groups in total. The van der Waals surface area contributed by atoms with Crippen LogP contribution in [0.5, 0.6) is 11.5 Å². The Bertz CT molecular complexity index is 2070. The summed E-state index contributed by atoms with van der Waals surface area (Å²) in [5.74, 6) is -117. The van der Waals surface area contributed by atoms with Crippen molar-refractivity contribution in [1.29, 1.82) is 0 Å². The van der Waals surface area contributed by atoms with E-state index in [1.54, 1.807) is 0 Å². The summed E-state index contributed by atoms with van der Waals surface area (Å²) in [6, 6.07) is 8.78. The average Bonchev–Trinajstić information content (AvgIpc) is 3.28. The molecule has 454 valence electrons. The second-order valence-corrected chi connectivity index (χ2v) is 18.6. The molecule has 78 heavy (non-hydrogen) atoms. The lowest BCUT2D eigenvalue weighted by Gasteiger charge is -2.42. The van der Waals surface area contributed by atoms with E-state index in [1.807, 2.05) is 0 Å². The third kappa shape index (κ3) is 12.8. The summed E-state index contributed by atoms with van der Waals surface area (Å²) in [5.41, 5.74) is 0. The van der Waals surface area contributed by atoms with Gasteiger partial charge in [-0.1, -0.05) is 25.7 Å². The second kappa shape index (κ2) is 23.3. The van der Waals surface area contributed by atoms with Gasteiger partial charge in [0.1, 0.15) is 11.5 Å². The Morgan fingerprint density at radius 1 is 0.256 bits per heavy atom. The first-order valence-electron chi connectivity index (χ1n) is 20.7. The van der Waals surface area contributed by atoms with Crippen LogP contribution in [0.15, 0.2) is 58.3 Å². The van der Waals surface area contributed by atoms with Crippen LogP contribution in [-0.4, -0.2) is 120 Å². The van der Waals surface area contributed by atoms with E-state index in [2.05, 4.69) is 0 Å². The van der Waals surface area contributed by atoms with Crippen LogP contribution in [0.25, 0.3) is 0 Å². The van der Waals surface area contributed by atoms with Crippen molar-refractivity contribution in [3.8, 4) is 11.5 Å². The first kappa shape index (κ1) is 70.5. The predicted octanol–water partition coefficient (Wildman–Crippen LogP) is 18.5. The molecule has 0 bridgehead atoms. The Morgan fingerprint density at radius 3 is 0.692 bits per heavy atom. The molecule has 0 aliphatic rings. The third-order valence-electron chi connectivity index (χ3n) is 10.7. The zero-order valence-electron chi connectivity index (χ0n) is 37.6. The van der Waals surface area contributed by atoms with E-state index in [0.717, 1.165) is 48.5 Å². The Labute approximate surface area is 423 Å². The molecule has 0 aliphatic heterocycles. The Kier molecular flexibility index (Phi) is 21.1. The molecule has 0 radical (unpaired) electrons. The maximum atomic E-state index is 14.2. The van der Waals surface area contributed by atoms with Crippen molar-refractivity contribution in [3.05, 3.63) is 48.5 Å². The van der Waals surface area contributed by atoms with Gasteiger partial charge in [-0.15, -0.1) is 23.5 Å². The topological polar surface area (TPSA) is 18.5 Å². The van der Waals surface area contributed by atoms with Gasteiger partial charge in [-0.05, 0) is 61.4 Å². The molecule has 0 amide bonds. The molecule has 0 aliphatic carbocycles. The molecule has 0 fully saturated rings. The van der Waals surface area contributed by atoms with Gasteiger partial charge in [-0.2, -0.15) is 149 Å². The number of thioether (sulfide) groups is 2. The molecule has 0 unspecified atom stereocenters. The Hall–Kier alpha value is -3.64. The number of alkyl halides is 34. The zero-order valence-corrected chi connectivity index (χ0v) is 39.2. The fourth-order valence-electron chi connectivity index (χ4n) is 5.86. The Balaban J connectivity index is 1.79. The number of ether oxygens (including phenoxy) is 2. The van der Waals surface area contributed by atoms with Crippen molar-refractivity contribution in [2.75, 3.05) is 24.7 Å². The molecule has 38 heteroatoms. The van der Waals surface area contributed by atoms with Gasteiger partial charge >= 0.3 is 95.3 Å². The second-order valence-electron chi connectivity index (χ2n) is 16.3. The van der Waals surface area contributed by atoms with E-state index in [9.17, 15) is 149 Å². The van der Waals surface area contributed by atoms with E-state index in [1.165, 1.54) is 0 Å². The van der Waals surface area contributed by atoms with Crippen molar-refractivity contribution in [2.45, 2.75) is 156 Å². The molecular formula is C40H32F34O2S2. The van der Waals surface area contributed by atoms with Gasteiger partial charge in [0, 0.05) is 34.1 Å². The quantitative estimate of drug-likeness (QED) is 0.0425. The molecule has 0 saturated carbocycles. The molecule has 2 aromatic carbocycles. The molecule has 2 nitrogen and oxygen atoms in total. The van der Waals surface area contributed by atoms with Crippen LogP contribution in [0.1, 0.15) is 51.4 Å². The van der Waals surface area contributed by atoms with Crippen LogP contribution in [0.2, 0.25) is 0 Å². The number of hydrogen-bond acceptors (Lipinski definition) is 4. The van der Waals surface area contributed by atoms with Crippen molar-refractivity contribution in [3.63, 3.8) is 0 Å². The lowest BCUT2D eigenvalue weighted by molar-refractivity contribution is -0.461. The van der Waals surface area contributed by atoms with Gasteiger partial charge in [-0.25, -0.2) is 0 Å². The van der Waals surface area contributed by atoms with E-state index in [4.69, 9.17) is 9.47 Å². The van der Waals surface area contributed by atoms with E-state index in [0.29, 0.717) is 38.5 Å². The van der Waals surface area contributed by atoms with Crippen LogP contribution >= 0.6 is 23.5 Å². The van der Waals surface area contributed by atoms with Crippen LogP contribution in [0.3, 0.4) is 0 Å². The van der Waals surface area contributed by atoms with Gasteiger partial charge in [0.15, 0.2) is 0 Å². The summed E-state index contributed by atoms with van der Waals surface area (Å²) in [6.07, 6.45) is -17.9. The van der Waals surface area contributed by atoms with Gasteiger partial charge in [0.25, 0.3) is 0 Å². The van der Waals surface area contributed by atoms with Gasteiger partial charge in [-0.3, -0.25) is 0 Å². The van der Waals surface area contributed by atoms with E-state index in [-0.39, 0.29) is 58.0 Å². The fourth-order valence-corrected chi connectivity index (χ4v) is 7.70. The zero-order chi connectivity index (χ0) is 61.3. The summed E-state index contributed by atoms with van der Waals surface area (Å²) < 4.78 is 469. The largest absolute Gasteiger partial charge is 0.494 e. The lowest BCUT2D eigenvalue weighted by Crippen LogP contribution is -2.74. The van der Waals surface area contributed by atoms with Crippen LogP contribution in [0, 0.1) is 0 Å². The van der Waals surface area contributed by atoms with Crippen LogP contribution < -0.4 is 9.47 Å². The van der Waals surface area contributed by atoms with E-state index >= 15 is 0 Å². The first-order valence-corrected chi connectivity index (χ1v) is 22.7. The first-order chi connectivity index (χ1) is 34.6. The minimum Gasteiger partial charge on any atom is -0.494 e. The van der Waals surface area contributed by atoms with E-state index < -0.39 is 120 Å². The molecule has 0 aromatic heterocycles.